The van der Waals surface area contributed by atoms with Gasteiger partial charge in [0, 0.05) is 49.7 Å². The molecule has 0 atom stereocenters. The Morgan fingerprint density at radius 3 is 2.71 bits per heavy atom. The van der Waals surface area contributed by atoms with E-state index in [9.17, 15) is 10.1 Å². The first-order valence-electron chi connectivity index (χ1n) is 7.12. The molecule has 0 bridgehead atoms. The first-order valence-corrected chi connectivity index (χ1v) is 7.50. The number of rotatable bonds is 4. The van der Waals surface area contributed by atoms with Crippen molar-refractivity contribution in [1.29, 1.82) is 0 Å². The van der Waals surface area contributed by atoms with E-state index in [1.54, 1.807) is 12.1 Å². The summed E-state index contributed by atoms with van der Waals surface area (Å²) in [7, 11) is 0. The van der Waals surface area contributed by atoms with Gasteiger partial charge in [0.25, 0.3) is 5.69 Å². The Bertz CT molecular complexity index is 528. The van der Waals surface area contributed by atoms with Gasteiger partial charge in [0.2, 0.25) is 0 Å². The summed E-state index contributed by atoms with van der Waals surface area (Å²) in [4.78, 5) is 15.2. The van der Waals surface area contributed by atoms with E-state index in [4.69, 9.17) is 16.3 Å². The molecule has 2 saturated heterocycles. The second-order valence-electron chi connectivity index (χ2n) is 5.57. The number of anilines is 1. The highest BCUT2D eigenvalue weighted by atomic mass is 35.5. The number of ether oxygens (including phenoxy) is 1. The summed E-state index contributed by atoms with van der Waals surface area (Å²) in [6.45, 7) is 6.34. The maximum absolute atomic E-state index is 11.1. The predicted molar refractivity (Wildman–Crippen MR) is 81.1 cm³/mol. The number of nitro benzene ring substituents is 1. The van der Waals surface area contributed by atoms with Gasteiger partial charge < -0.3 is 9.64 Å². The summed E-state index contributed by atoms with van der Waals surface area (Å²) >= 11 is 5.84. The van der Waals surface area contributed by atoms with E-state index in [2.05, 4.69) is 9.80 Å². The van der Waals surface area contributed by atoms with Crippen LogP contribution in [0.3, 0.4) is 0 Å². The van der Waals surface area contributed by atoms with Gasteiger partial charge in [-0.15, -0.1) is 0 Å². The Hall–Kier alpha value is -1.37. The zero-order valence-electron chi connectivity index (χ0n) is 11.7. The first kappa shape index (κ1) is 14.6. The van der Waals surface area contributed by atoms with Crippen LogP contribution < -0.4 is 4.90 Å². The van der Waals surface area contributed by atoms with Crippen molar-refractivity contribution in [1.82, 2.24) is 4.90 Å². The van der Waals surface area contributed by atoms with Gasteiger partial charge in [0.05, 0.1) is 18.1 Å². The lowest BCUT2D eigenvalue weighted by molar-refractivity contribution is -0.384. The van der Waals surface area contributed by atoms with Crippen molar-refractivity contribution in [3.8, 4) is 0 Å². The van der Waals surface area contributed by atoms with Gasteiger partial charge in [-0.05, 0) is 12.1 Å². The molecule has 0 spiro atoms. The number of hydrogen-bond acceptors (Lipinski definition) is 5. The summed E-state index contributed by atoms with van der Waals surface area (Å²) in [6, 6.07) is 4.87. The molecule has 0 amide bonds. The van der Waals surface area contributed by atoms with Crippen LogP contribution in [0, 0.1) is 16.0 Å². The minimum atomic E-state index is -0.365. The summed E-state index contributed by atoms with van der Waals surface area (Å²) < 4.78 is 5.34. The van der Waals surface area contributed by atoms with Crippen molar-refractivity contribution in [3.05, 3.63) is 33.3 Å². The monoisotopic (exact) mass is 311 g/mol. The highest BCUT2D eigenvalue weighted by Gasteiger charge is 2.32. The Labute approximate surface area is 128 Å². The largest absolute Gasteiger partial charge is 0.379 e. The summed E-state index contributed by atoms with van der Waals surface area (Å²) in [5.41, 5.74) is 0.759. The van der Waals surface area contributed by atoms with Gasteiger partial charge >= 0.3 is 0 Å². The minimum Gasteiger partial charge on any atom is -0.379 e. The normalized spacial score (nSPS) is 20.3. The molecule has 0 N–H and O–H groups in total. The zero-order valence-corrected chi connectivity index (χ0v) is 12.5. The van der Waals surface area contributed by atoms with Crippen LogP contribution in [-0.4, -0.2) is 55.8 Å². The van der Waals surface area contributed by atoms with E-state index in [-0.39, 0.29) is 10.6 Å². The third-order valence-corrected chi connectivity index (χ3v) is 4.29. The molecule has 6 nitrogen and oxygen atoms in total. The molecule has 2 heterocycles. The van der Waals surface area contributed by atoms with Gasteiger partial charge in [-0.3, -0.25) is 15.0 Å². The molecular formula is C14H18ClN3O3. The fourth-order valence-corrected chi connectivity index (χ4v) is 3.11. The third-order valence-electron chi connectivity index (χ3n) is 4.05. The summed E-state index contributed by atoms with van der Waals surface area (Å²) in [6.07, 6.45) is 0. The van der Waals surface area contributed by atoms with Gasteiger partial charge in [-0.1, -0.05) is 11.6 Å². The van der Waals surface area contributed by atoms with Gasteiger partial charge in [-0.2, -0.15) is 0 Å². The fourth-order valence-electron chi connectivity index (χ4n) is 2.94. The fraction of sp³-hybridized carbons (Fsp3) is 0.571. The molecule has 0 saturated carbocycles. The van der Waals surface area contributed by atoms with E-state index < -0.39 is 0 Å². The van der Waals surface area contributed by atoms with Crippen molar-refractivity contribution in [2.45, 2.75) is 0 Å². The van der Waals surface area contributed by atoms with Crippen molar-refractivity contribution >= 4 is 23.0 Å². The van der Waals surface area contributed by atoms with Crippen LogP contribution in [0.1, 0.15) is 0 Å². The number of nitrogens with zero attached hydrogens (tertiary/aromatic N) is 3. The average molecular weight is 312 g/mol. The molecule has 114 valence electrons. The van der Waals surface area contributed by atoms with Crippen LogP contribution in [0.25, 0.3) is 0 Å². The second-order valence-corrected chi connectivity index (χ2v) is 6.01. The molecular weight excluding hydrogens is 294 g/mol. The number of morpholine rings is 1. The quantitative estimate of drug-likeness (QED) is 0.629. The first-order chi connectivity index (χ1) is 10.1. The van der Waals surface area contributed by atoms with E-state index in [1.807, 2.05) is 0 Å². The van der Waals surface area contributed by atoms with Crippen molar-refractivity contribution in [3.63, 3.8) is 0 Å². The number of benzene rings is 1. The van der Waals surface area contributed by atoms with Gasteiger partial charge in [0.1, 0.15) is 5.69 Å². The van der Waals surface area contributed by atoms with Gasteiger partial charge in [-0.25, -0.2) is 0 Å². The molecule has 2 aliphatic heterocycles. The Kier molecular flexibility index (Phi) is 4.28. The van der Waals surface area contributed by atoms with E-state index >= 15 is 0 Å². The maximum atomic E-state index is 11.1. The summed E-state index contributed by atoms with van der Waals surface area (Å²) in [5.74, 6) is 0.568. The van der Waals surface area contributed by atoms with Crippen LogP contribution in [0.4, 0.5) is 11.4 Å². The molecule has 1 aromatic rings. The molecule has 21 heavy (non-hydrogen) atoms. The molecule has 0 aliphatic carbocycles. The van der Waals surface area contributed by atoms with Crippen molar-refractivity contribution in [2.24, 2.45) is 5.92 Å². The summed E-state index contributed by atoms with van der Waals surface area (Å²) in [5, 5.41) is 11.5. The topological polar surface area (TPSA) is 58.9 Å². The lowest BCUT2D eigenvalue weighted by Gasteiger charge is -2.43. The van der Waals surface area contributed by atoms with Crippen LogP contribution in [0.15, 0.2) is 18.2 Å². The molecule has 3 rings (SSSR count). The molecule has 0 unspecified atom stereocenters. The minimum absolute atomic E-state index is 0.0901. The smallest absolute Gasteiger partial charge is 0.294 e. The molecule has 0 radical (unpaired) electrons. The number of nitro groups is 1. The van der Waals surface area contributed by atoms with Gasteiger partial charge in [0.15, 0.2) is 0 Å². The molecule has 0 aromatic heterocycles. The van der Waals surface area contributed by atoms with Crippen LogP contribution in [-0.2, 0) is 4.74 Å². The molecule has 1 aromatic carbocycles. The standard InChI is InChI=1S/C14H18ClN3O3/c15-12-1-2-13(14(7-12)18(19)20)17-9-11(10-17)8-16-3-5-21-6-4-16/h1-2,7,11H,3-6,8-10H2. The Balaban J connectivity index is 1.59. The van der Waals surface area contributed by atoms with E-state index in [0.29, 0.717) is 16.6 Å². The molecule has 2 fully saturated rings. The van der Waals surface area contributed by atoms with E-state index in [1.165, 1.54) is 6.07 Å². The maximum Gasteiger partial charge on any atom is 0.294 e. The van der Waals surface area contributed by atoms with E-state index in [0.717, 1.165) is 45.9 Å². The molecule has 7 heteroatoms. The zero-order chi connectivity index (χ0) is 14.8. The highest BCUT2D eigenvalue weighted by molar-refractivity contribution is 6.30. The highest BCUT2D eigenvalue weighted by Crippen LogP contribution is 2.35. The Morgan fingerprint density at radius 1 is 1.33 bits per heavy atom. The van der Waals surface area contributed by atoms with Crippen molar-refractivity contribution in [2.75, 3.05) is 50.8 Å². The number of hydrogen-bond donors (Lipinski definition) is 0. The Morgan fingerprint density at radius 2 is 2.05 bits per heavy atom. The van der Waals surface area contributed by atoms with Crippen LogP contribution in [0.5, 0.6) is 0 Å². The molecule has 2 aliphatic rings. The lowest BCUT2D eigenvalue weighted by Crippen LogP contribution is -2.53. The van der Waals surface area contributed by atoms with Crippen molar-refractivity contribution < 1.29 is 9.66 Å². The predicted octanol–water partition coefficient (Wildman–Crippen LogP) is 2.02. The second kappa shape index (κ2) is 6.17. The van der Waals surface area contributed by atoms with Crippen LogP contribution >= 0.6 is 11.6 Å². The van der Waals surface area contributed by atoms with Crippen LogP contribution in [0.2, 0.25) is 5.02 Å². The third kappa shape index (κ3) is 3.28. The SMILES string of the molecule is O=[N+]([O-])c1cc(Cl)ccc1N1CC(CN2CCOCC2)C1. The average Bonchev–Trinajstić information content (AvgIpc) is 2.44. The lowest BCUT2D eigenvalue weighted by atomic mass is 9.98. The number of halogens is 1.